The number of anilines is 1. The van der Waals surface area contributed by atoms with E-state index in [-0.39, 0.29) is 17.7 Å². The van der Waals surface area contributed by atoms with Crippen molar-refractivity contribution in [2.45, 2.75) is 12.8 Å². The van der Waals surface area contributed by atoms with E-state index in [2.05, 4.69) is 10.2 Å². The van der Waals surface area contributed by atoms with Crippen molar-refractivity contribution in [3.05, 3.63) is 18.2 Å². The molecular weight excluding hydrogens is 378 g/mol. The number of thioether (sulfide) groups is 1. The molecule has 7 nitrogen and oxygen atoms in total. The Morgan fingerprint density at radius 2 is 1.89 bits per heavy atom. The number of ether oxygens (including phenoxy) is 2. The van der Waals surface area contributed by atoms with E-state index in [9.17, 15) is 9.59 Å². The zero-order chi connectivity index (χ0) is 19.3. The van der Waals surface area contributed by atoms with Crippen LogP contribution in [0, 0.1) is 5.92 Å². The van der Waals surface area contributed by atoms with E-state index in [1.165, 1.54) is 0 Å². The number of nitrogens with zero attached hydrogens (tertiary/aromatic N) is 2. The van der Waals surface area contributed by atoms with Crippen LogP contribution in [0.2, 0.25) is 0 Å². The second-order valence-corrected chi connectivity index (χ2v) is 8.64. The third-order valence-electron chi connectivity index (χ3n) is 5.37. The molecule has 0 spiro atoms. The Hall–Kier alpha value is -1.93. The van der Waals surface area contributed by atoms with E-state index in [4.69, 9.17) is 9.47 Å². The van der Waals surface area contributed by atoms with E-state index >= 15 is 0 Å². The Bertz CT molecular complexity index is 723. The molecule has 1 unspecified atom stereocenters. The number of likely N-dealkylation sites (tertiary alicyclic amines) is 1. The first-order valence-electron chi connectivity index (χ1n) is 9.97. The maximum absolute atomic E-state index is 12.8. The van der Waals surface area contributed by atoms with Gasteiger partial charge in [-0.05, 0) is 31.5 Å². The molecule has 0 radical (unpaired) electrons. The maximum atomic E-state index is 12.8. The molecule has 2 saturated heterocycles. The SMILES string of the molecule is O=C(CN1CCCC(C(=O)N2CCSCC2)C1)Nc1ccc2c(c1)OCCO2. The summed E-state index contributed by atoms with van der Waals surface area (Å²) >= 11 is 1.91. The van der Waals surface area contributed by atoms with Crippen molar-refractivity contribution in [3.63, 3.8) is 0 Å². The third-order valence-corrected chi connectivity index (χ3v) is 6.31. The third kappa shape index (κ3) is 4.72. The molecule has 1 N–H and O–H groups in total. The van der Waals surface area contributed by atoms with Crippen LogP contribution in [0.25, 0.3) is 0 Å². The first-order chi connectivity index (χ1) is 13.7. The summed E-state index contributed by atoms with van der Waals surface area (Å²) in [5.74, 6) is 3.63. The number of fused-ring (bicyclic) bond motifs is 1. The van der Waals surface area contributed by atoms with Crippen LogP contribution in [-0.2, 0) is 9.59 Å². The molecule has 3 heterocycles. The van der Waals surface area contributed by atoms with Crippen LogP contribution in [-0.4, -0.2) is 79.1 Å². The monoisotopic (exact) mass is 405 g/mol. The lowest BCUT2D eigenvalue weighted by molar-refractivity contribution is -0.137. The topological polar surface area (TPSA) is 71.1 Å². The molecule has 1 aromatic carbocycles. The summed E-state index contributed by atoms with van der Waals surface area (Å²) in [6, 6.07) is 5.43. The van der Waals surface area contributed by atoms with Crippen molar-refractivity contribution < 1.29 is 19.1 Å². The van der Waals surface area contributed by atoms with Gasteiger partial charge >= 0.3 is 0 Å². The van der Waals surface area contributed by atoms with E-state index in [1.54, 1.807) is 6.07 Å². The molecular formula is C20H27N3O4S. The molecule has 0 aliphatic carbocycles. The smallest absolute Gasteiger partial charge is 0.238 e. The molecule has 28 heavy (non-hydrogen) atoms. The van der Waals surface area contributed by atoms with E-state index in [0.717, 1.165) is 44.0 Å². The van der Waals surface area contributed by atoms with Gasteiger partial charge in [-0.2, -0.15) is 11.8 Å². The molecule has 2 amide bonds. The Kier molecular flexibility index (Phi) is 6.26. The first kappa shape index (κ1) is 19.4. The Morgan fingerprint density at radius 1 is 1.11 bits per heavy atom. The zero-order valence-electron chi connectivity index (χ0n) is 16.0. The fourth-order valence-electron chi connectivity index (χ4n) is 3.97. The fraction of sp³-hybridized carbons (Fsp3) is 0.600. The Labute approximate surface area is 169 Å². The number of piperidine rings is 1. The normalized spacial score (nSPS) is 22.6. The molecule has 0 aromatic heterocycles. The average Bonchev–Trinajstić information content (AvgIpc) is 2.74. The summed E-state index contributed by atoms with van der Waals surface area (Å²) in [6.45, 7) is 4.58. The predicted molar refractivity (Wildman–Crippen MR) is 109 cm³/mol. The minimum Gasteiger partial charge on any atom is -0.486 e. The van der Waals surface area contributed by atoms with Crippen LogP contribution >= 0.6 is 11.8 Å². The number of hydrogen-bond acceptors (Lipinski definition) is 6. The highest BCUT2D eigenvalue weighted by Gasteiger charge is 2.30. The van der Waals surface area contributed by atoms with Gasteiger partial charge in [-0.15, -0.1) is 0 Å². The second kappa shape index (κ2) is 9.05. The lowest BCUT2D eigenvalue weighted by atomic mass is 9.96. The van der Waals surface area contributed by atoms with Gasteiger partial charge in [-0.25, -0.2) is 0 Å². The molecule has 4 rings (SSSR count). The first-order valence-corrected chi connectivity index (χ1v) is 11.1. The fourth-order valence-corrected chi connectivity index (χ4v) is 4.87. The van der Waals surface area contributed by atoms with Gasteiger partial charge in [0.25, 0.3) is 0 Å². The molecule has 3 aliphatic heterocycles. The van der Waals surface area contributed by atoms with Crippen molar-refractivity contribution >= 4 is 29.3 Å². The molecule has 1 atom stereocenters. The van der Waals surface area contributed by atoms with Gasteiger partial charge in [0.2, 0.25) is 11.8 Å². The number of rotatable bonds is 4. The summed E-state index contributed by atoms with van der Waals surface area (Å²) in [7, 11) is 0. The minimum absolute atomic E-state index is 0.0129. The van der Waals surface area contributed by atoms with E-state index in [1.807, 2.05) is 28.8 Å². The van der Waals surface area contributed by atoms with Crippen LogP contribution < -0.4 is 14.8 Å². The minimum atomic E-state index is -0.0702. The van der Waals surface area contributed by atoms with Crippen molar-refractivity contribution in [1.82, 2.24) is 9.80 Å². The zero-order valence-corrected chi connectivity index (χ0v) is 16.8. The van der Waals surface area contributed by atoms with Crippen molar-refractivity contribution in [2.75, 3.05) is 62.8 Å². The number of carbonyl (C=O) groups is 2. The second-order valence-electron chi connectivity index (χ2n) is 7.42. The van der Waals surface area contributed by atoms with Gasteiger partial charge < -0.3 is 19.7 Å². The molecule has 8 heteroatoms. The standard InChI is InChI=1S/C20H27N3O4S/c24-19(21-16-3-4-17-18(12-16)27-9-8-26-17)14-22-5-1-2-15(13-22)20(25)23-6-10-28-11-7-23/h3-4,12,15H,1-2,5-11,13-14H2,(H,21,24). The van der Waals surface area contributed by atoms with Crippen molar-refractivity contribution in [1.29, 1.82) is 0 Å². The summed E-state index contributed by atoms with van der Waals surface area (Å²) in [5, 5.41) is 2.93. The molecule has 3 aliphatic rings. The summed E-state index contributed by atoms with van der Waals surface area (Å²) < 4.78 is 11.1. The molecule has 0 bridgehead atoms. The highest BCUT2D eigenvalue weighted by molar-refractivity contribution is 7.99. The number of benzene rings is 1. The number of nitrogens with one attached hydrogen (secondary N) is 1. The van der Waals surface area contributed by atoms with E-state index < -0.39 is 0 Å². The largest absolute Gasteiger partial charge is 0.486 e. The van der Waals surface area contributed by atoms with Crippen molar-refractivity contribution in [2.24, 2.45) is 5.92 Å². The predicted octanol–water partition coefficient (Wildman–Crippen LogP) is 1.68. The van der Waals surface area contributed by atoms with Gasteiger partial charge in [0, 0.05) is 42.9 Å². The van der Waals surface area contributed by atoms with Gasteiger partial charge in [0.05, 0.1) is 12.5 Å². The summed E-state index contributed by atoms with van der Waals surface area (Å²) in [4.78, 5) is 29.4. The molecule has 152 valence electrons. The van der Waals surface area contributed by atoms with Gasteiger partial charge in [0.15, 0.2) is 11.5 Å². The Morgan fingerprint density at radius 3 is 2.71 bits per heavy atom. The van der Waals surface area contributed by atoms with Crippen LogP contribution in [0.3, 0.4) is 0 Å². The average molecular weight is 406 g/mol. The van der Waals surface area contributed by atoms with Crippen LogP contribution in [0.4, 0.5) is 5.69 Å². The van der Waals surface area contributed by atoms with Gasteiger partial charge in [0.1, 0.15) is 13.2 Å². The Balaban J connectivity index is 1.29. The summed E-state index contributed by atoms with van der Waals surface area (Å²) in [6.07, 6.45) is 1.87. The molecule has 2 fully saturated rings. The molecule has 0 saturated carbocycles. The van der Waals surface area contributed by atoms with Crippen LogP contribution in [0.5, 0.6) is 11.5 Å². The lowest BCUT2D eigenvalue weighted by Crippen LogP contribution is -2.48. The maximum Gasteiger partial charge on any atom is 0.238 e. The lowest BCUT2D eigenvalue weighted by Gasteiger charge is -2.35. The quantitative estimate of drug-likeness (QED) is 0.822. The number of carbonyl (C=O) groups excluding carboxylic acids is 2. The molecule has 1 aromatic rings. The summed E-state index contributed by atoms with van der Waals surface area (Å²) in [5.41, 5.74) is 0.699. The van der Waals surface area contributed by atoms with Gasteiger partial charge in [-0.3, -0.25) is 14.5 Å². The highest BCUT2D eigenvalue weighted by atomic mass is 32.2. The van der Waals surface area contributed by atoms with Gasteiger partial charge in [-0.1, -0.05) is 0 Å². The highest BCUT2D eigenvalue weighted by Crippen LogP contribution is 2.32. The van der Waals surface area contributed by atoms with Crippen molar-refractivity contribution in [3.8, 4) is 11.5 Å². The van der Waals surface area contributed by atoms with E-state index in [0.29, 0.717) is 43.5 Å². The number of amides is 2. The van der Waals surface area contributed by atoms with Crippen LogP contribution in [0.15, 0.2) is 18.2 Å². The van der Waals surface area contributed by atoms with Crippen LogP contribution in [0.1, 0.15) is 12.8 Å². The number of hydrogen-bond donors (Lipinski definition) is 1.